The molecule has 2 N–H and O–H groups in total. The van der Waals surface area contributed by atoms with Crippen molar-refractivity contribution < 1.29 is 24.2 Å². The Morgan fingerprint density at radius 2 is 1.57 bits per heavy atom. The normalized spacial score (nSPS) is 21.8. The minimum atomic E-state index is -1.07. The first-order valence-electron chi connectivity index (χ1n) is 14.1. The van der Waals surface area contributed by atoms with Gasteiger partial charge in [0.25, 0.3) is 0 Å². The molecule has 0 spiro atoms. The van der Waals surface area contributed by atoms with Crippen molar-refractivity contribution in [2.75, 3.05) is 13.7 Å². The van der Waals surface area contributed by atoms with Crippen LogP contribution in [0.3, 0.4) is 0 Å². The van der Waals surface area contributed by atoms with E-state index in [4.69, 9.17) is 9.47 Å². The van der Waals surface area contributed by atoms with Gasteiger partial charge in [-0.15, -0.1) is 0 Å². The van der Waals surface area contributed by atoms with E-state index < -0.39 is 35.5 Å². The molecule has 1 heterocycles. The topological polar surface area (TPSA) is 88.1 Å². The van der Waals surface area contributed by atoms with Crippen LogP contribution in [-0.2, 0) is 21.5 Å². The molecule has 1 aliphatic rings. The number of methoxy groups -OCH3 is 1. The van der Waals surface area contributed by atoms with E-state index >= 15 is 0 Å². The van der Waals surface area contributed by atoms with Crippen LogP contribution in [0.15, 0.2) is 48.5 Å². The van der Waals surface area contributed by atoms with Crippen LogP contribution in [-0.4, -0.2) is 47.9 Å². The summed E-state index contributed by atoms with van der Waals surface area (Å²) in [5.41, 5.74) is 2.28. The molecular formula is C33H48N2O5. The van der Waals surface area contributed by atoms with E-state index in [1.807, 2.05) is 77.9 Å². The van der Waals surface area contributed by atoms with Gasteiger partial charge in [-0.1, -0.05) is 105 Å². The average molecular weight is 553 g/mol. The molecular weight excluding hydrogens is 504 g/mol. The van der Waals surface area contributed by atoms with Gasteiger partial charge in [-0.25, -0.2) is 9.59 Å². The number of carboxylic acid groups (broad SMARTS) is 1. The van der Waals surface area contributed by atoms with Gasteiger partial charge < -0.3 is 19.9 Å². The zero-order valence-electron chi connectivity index (χ0n) is 25.9. The summed E-state index contributed by atoms with van der Waals surface area (Å²) in [5, 5.41) is 14.3. The van der Waals surface area contributed by atoms with Crippen LogP contribution in [0.4, 0.5) is 4.79 Å². The second-order valence-corrected chi connectivity index (χ2v) is 14.2. The van der Waals surface area contributed by atoms with Crippen LogP contribution in [0, 0.1) is 16.7 Å². The fourth-order valence-electron chi connectivity index (χ4n) is 5.64. The molecule has 0 bridgehead atoms. The first kappa shape index (κ1) is 31.5. The molecule has 2 aromatic rings. The molecule has 0 saturated carbocycles. The molecule has 4 atom stereocenters. The minimum absolute atomic E-state index is 0.0447. The Balaban J connectivity index is 2.13. The Kier molecular flexibility index (Phi) is 9.29. The number of hydrogen-bond acceptors (Lipinski definition) is 5. The van der Waals surface area contributed by atoms with Gasteiger partial charge in [0.15, 0.2) is 0 Å². The van der Waals surface area contributed by atoms with Crippen LogP contribution in [0.1, 0.15) is 85.0 Å². The molecule has 7 heteroatoms. The molecule has 220 valence electrons. The fraction of sp³-hybridized carbons (Fsp3) is 0.576. The minimum Gasteiger partial charge on any atom is -0.496 e. The van der Waals surface area contributed by atoms with Gasteiger partial charge in [0.2, 0.25) is 0 Å². The summed E-state index contributed by atoms with van der Waals surface area (Å²) in [6.45, 7) is 19.2. The molecule has 1 amide bonds. The van der Waals surface area contributed by atoms with Crippen molar-refractivity contribution in [3.05, 3.63) is 65.2 Å². The third-order valence-electron chi connectivity index (χ3n) is 7.57. The molecule has 2 aromatic carbocycles. The van der Waals surface area contributed by atoms with Crippen LogP contribution in [0.25, 0.3) is 0 Å². The second kappa shape index (κ2) is 11.8. The van der Waals surface area contributed by atoms with Gasteiger partial charge in [0, 0.05) is 24.1 Å². The molecule has 0 aromatic heterocycles. The number of carboxylic acids is 1. The summed E-state index contributed by atoms with van der Waals surface area (Å²) < 4.78 is 11.5. The van der Waals surface area contributed by atoms with E-state index in [1.54, 1.807) is 7.11 Å². The molecule has 7 nitrogen and oxygen atoms in total. The zero-order valence-corrected chi connectivity index (χ0v) is 25.9. The van der Waals surface area contributed by atoms with Gasteiger partial charge in [0.1, 0.15) is 11.8 Å². The third kappa shape index (κ3) is 7.17. The van der Waals surface area contributed by atoms with E-state index in [9.17, 15) is 14.7 Å². The Morgan fingerprint density at radius 3 is 2.08 bits per heavy atom. The number of hydrogen-bond donors (Lipinski definition) is 2. The second-order valence-electron chi connectivity index (χ2n) is 14.2. The van der Waals surface area contributed by atoms with Crippen molar-refractivity contribution in [3.8, 4) is 5.75 Å². The number of rotatable bonds is 7. The monoisotopic (exact) mass is 552 g/mol. The number of ether oxygens (including phenoxy) is 2. The smallest absolute Gasteiger partial charge is 0.411 e. The van der Waals surface area contributed by atoms with Gasteiger partial charge in [0.05, 0.1) is 19.8 Å². The lowest BCUT2D eigenvalue weighted by Gasteiger charge is -2.35. The Bertz CT molecular complexity index is 1170. The highest BCUT2D eigenvalue weighted by atomic mass is 16.6. The summed E-state index contributed by atoms with van der Waals surface area (Å²) in [5.74, 6) is -0.683. The van der Waals surface area contributed by atoms with Crippen LogP contribution in [0.5, 0.6) is 5.75 Å². The van der Waals surface area contributed by atoms with Crippen molar-refractivity contribution in [2.45, 2.75) is 92.4 Å². The van der Waals surface area contributed by atoms with Gasteiger partial charge in [-0.2, -0.15) is 0 Å². The summed E-state index contributed by atoms with van der Waals surface area (Å²) in [4.78, 5) is 28.1. The van der Waals surface area contributed by atoms with Crippen molar-refractivity contribution in [2.24, 2.45) is 16.7 Å². The maximum Gasteiger partial charge on any atom is 0.411 e. The quantitative estimate of drug-likeness (QED) is 0.393. The van der Waals surface area contributed by atoms with Gasteiger partial charge in [-0.3, -0.25) is 4.90 Å². The summed E-state index contributed by atoms with van der Waals surface area (Å²) >= 11 is 0. The Hall–Kier alpha value is -3.06. The lowest BCUT2D eigenvalue weighted by Crippen LogP contribution is -2.48. The number of nitrogens with one attached hydrogen (secondary N) is 1. The van der Waals surface area contributed by atoms with Crippen LogP contribution < -0.4 is 10.1 Å². The van der Waals surface area contributed by atoms with Crippen LogP contribution >= 0.6 is 0 Å². The zero-order chi connectivity index (χ0) is 30.0. The number of benzene rings is 2. The van der Waals surface area contributed by atoms with E-state index in [1.165, 1.54) is 10.5 Å². The number of carbonyl (C=O) groups excluding carboxylic acids is 1. The summed E-state index contributed by atoms with van der Waals surface area (Å²) in [6.07, 6.45) is -0.609. The first-order chi connectivity index (χ1) is 18.5. The first-order valence-corrected chi connectivity index (χ1v) is 14.1. The highest BCUT2D eigenvalue weighted by molar-refractivity contribution is 5.82. The van der Waals surface area contributed by atoms with Crippen molar-refractivity contribution in [1.29, 1.82) is 0 Å². The van der Waals surface area contributed by atoms with Crippen molar-refractivity contribution in [3.63, 3.8) is 0 Å². The predicted octanol–water partition coefficient (Wildman–Crippen LogP) is 6.81. The Labute approximate surface area is 240 Å². The van der Waals surface area contributed by atoms with Gasteiger partial charge >= 0.3 is 12.1 Å². The number of aliphatic carboxylic acids is 1. The molecule has 3 rings (SSSR count). The highest BCUT2D eigenvalue weighted by Crippen LogP contribution is 2.48. The molecule has 0 aliphatic carbocycles. The number of carbonyl (C=O) groups is 2. The molecule has 0 unspecified atom stereocenters. The fourth-order valence-corrected chi connectivity index (χ4v) is 5.64. The van der Waals surface area contributed by atoms with Crippen molar-refractivity contribution >= 4 is 12.1 Å². The molecule has 1 saturated heterocycles. The van der Waals surface area contributed by atoms with Gasteiger partial charge in [-0.05, 0) is 33.4 Å². The van der Waals surface area contributed by atoms with E-state index in [0.717, 1.165) is 16.9 Å². The third-order valence-corrected chi connectivity index (χ3v) is 7.57. The molecule has 1 aliphatic heterocycles. The number of amides is 1. The summed E-state index contributed by atoms with van der Waals surface area (Å²) in [7, 11) is 1.66. The number of nitrogens with zero attached hydrogens (tertiary/aromatic N) is 1. The maximum atomic E-state index is 13.7. The Morgan fingerprint density at radius 1 is 0.950 bits per heavy atom. The SMILES string of the molecule is COc1ccc(C(C)(C)C)cc1CN[C@H]1[C@H](C(C)(C)C)[C@@H](C(=O)O)N(C(=O)OCC(C)(C)C)[C@H]1c1ccccc1. The van der Waals surface area contributed by atoms with E-state index in [0.29, 0.717) is 6.54 Å². The van der Waals surface area contributed by atoms with E-state index in [2.05, 4.69) is 38.2 Å². The van der Waals surface area contributed by atoms with Crippen molar-refractivity contribution in [1.82, 2.24) is 10.2 Å². The standard InChI is InChI=1S/C33H48N2O5/c1-31(2,3)20-40-30(38)35-27(21-14-12-11-13-15-21)26(25(33(7,8)9)28(35)29(36)37)34-19-22-18-23(32(4,5)6)16-17-24(22)39-10/h11-18,25-28,34H,19-20H2,1-10H3,(H,36,37)/t25-,26-,27-,28-/m0/s1. The molecule has 40 heavy (non-hydrogen) atoms. The largest absolute Gasteiger partial charge is 0.496 e. The van der Waals surface area contributed by atoms with Crippen LogP contribution in [0.2, 0.25) is 0 Å². The van der Waals surface area contributed by atoms with E-state index in [-0.39, 0.29) is 23.5 Å². The molecule has 0 radical (unpaired) electrons. The average Bonchev–Trinajstić information content (AvgIpc) is 3.21. The molecule has 1 fully saturated rings. The lowest BCUT2D eigenvalue weighted by molar-refractivity contribution is -0.144. The summed E-state index contributed by atoms with van der Waals surface area (Å²) in [6, 6.07) is 13.9. The predicted molar refractivity (Wildman–Crippen MR) is 159 cm³/mol. The maximum absolute atomic E-state index is 13.7. The number of likely N-dealkylation sites (tertiary alicyclic amines) is 1. The lowest BCUT2D eigenvalue weighted by atomic mass is 9.72. The highest BCUT2D eigenvalue weighted by Gasteiger charge is 2.58.